The van der Waals surface area contributed by atoms with Gasteiger partial charge in [0.15, 0.2) is 0 Å². The third-order valence-corrected chi connectivity index (χ3v) is 10.7. The minimum Gasteiger partial charge on any atom is -0.240 e. The zero-order valence-electron chi connectivity index (χ0n) is 22.6. The number of hydrogen-bond donors (Lipinski definition) is 0. The molecule has 4 aromatic rings. The van der Waals surface area contributed by atoms with Crippen molar-refractivity contribution in [2.45, 2.75) is 42.4 Å². The fraction of sp³-hybridized carbons (Fsp3) is 0.226. The smallest absolute Gasteiger partial charge is 0.240 e. The molecule has 41 heavy (non-hydrogen) atoms. The van der Waals surface area contributed by atoms with Crippen molar-refractivity contribution in [3.8, 4) is 23.0 Å². The molecule has 0 radical (unpaired) electrons. The second-order valence-electron chi connectivity index (χ2n) is 10.00. The van der Waals surface area contributed by atoms with Crippen LogP contribution in [0.25, 0.3) is 23.0 Å². The van der Waals surface area contributed by atoms with Crippen LogP contribution in [-0.4, -0.2) is 44.0 Å². The van der Waals surface area contributed by atoms with Gasteiger partial charge in [-0.1, -0.05) is 60.9 Å². The van der Waals surface area contributed by atoms with Crippen molar-refractivity contribution in [1.82, 2.24) is 14.1 Å². The summed E-state index contributed by atoms with van der Waals surface area (Å²) in [6, 6.07) is 23.9. The second-order valence-corrected chi connectivity index (χ2v) is 13.9. The Morgan fingerprint density at radius 1 is 0.854 bits per heavy atom. The maximum absolute atomic E-state index is 13.5. The van der Waals surface area contributed by atoms with Crippen LogP contribution in [0.4, 0.5) is 0 Å². The van der Waals surface area contributed by atoms with E-state index in [4.69, 9.17) is 5.10 Å². The van der Waals surface area contributed by atoms with Crippen LogP contribution in [0.1, 0.15) is 36.8 Å². The molecule has 1 aromatic heterocycles. The lowest BCUT2D eigenvalue weighted by Crippen LogP contribution is -2.31. The molecule has 10 heteroatoms. The molecule has 1 aliphatic heterocycles. The Kier molecular flexibility index (Phi) is 8.22. The predicted octanol–water partition coefficient (Wildman–Crippen LogP) is 5.75. The van der Waals surface area contributed by atoms with Gasteiger partial charge < -0.3 is 0 Å². The molecular weight excluding hydrogens is 556 g/mol. The lowest BCUT2D eigenvalue weighted by atomic mass is 10.1. The van der Waals surface area contributed by atoms with Crippen molar-refractivity contribution >= 4 is 25.9 Å². The van der Waals surface area contributed by atoms with Crippen LogP contribution in [0.5, 0.6) is 0 Å². The molecule has 1 fully saturated rings. The summed E-state index contributed by atoms with van der Waals surface area (Å²) in [5.41, 5.74) is 2.83. The molecule has 1 saturated heterocycles. The Bertz CT molecular complexity index is 1830. The lowest BCUT2D eigenvalue weighted by Gasteiger charge is -2.20. The normalized spacial score (nSPS) is 15.3. The average Bonchev–Trinajstić information content (AvgIpc) is 3.20. The van der Waals surface area contributed by atoms with Gasteiger partial charge in [0.1, 0.15) is 16.7 Å². The molecule has 0 saturated carbocycles. The summed E-state index contributed by atoms with van der Waals surface area (Å²) >= 11 is 0. The van der Waals surface area contributed by atoms with E-state index in [1.54, 1.807) is 47.3 Å². The third-order valence-electron chi connectivity index (χ3n) is 7.09. The van der Waals surface area contributed by atoms with Gasteiger partial charge in [0.2, 0.25) is 19.9 Å². The average molecular weight is 587 g/mol. The SMILES string of the molecule is Cc1ccc(S(=O)(=O)/C(C#N)=C\c2cn(-c3ccccc3)nc2-c2cccc(S(=O)(=O)N3CCCCCC3)c2)cc1. The number of sulfonamides is 1. The lowest BCUT2D eigenvalue weighted by molar-refractivity contribution is 0.424. The molecule has 8 nitrogen and oxygen atoms in total. The molecule has 0 atom stereocenters. The van der Waals surface area contributed by atoms with E-state index >= 15 is 0 Å². The number of para-hydroxylation sites is 1. The fourth-order valence-electron chi connectivity index (χ4n) is 4.82. The minimum absolute atomic E-state index is 0.0124. The summed E-state index contributed by atoms with van der Waals surface area (Å²) < 4.78 is 57.0. The number of aromatic nitrogens is 2. The quantitative estimate of drug-likeness (QED) is 0.255. The fourth-order valence-corrected chi connectivity index (χ4v) is 7.53. The summed E-state index contributed by atoms with van der Waals surface area (Å²) in [6.07, 6.45) is 6.59. The van der Waals surface area contributed by atoms with Crippen LogP contribution in [0.3, 0.4) is 0 Å². The van der Waals surface area contributed by atoms with Gasteiger partial charge in [-0.05, 0) is 62.2 Å². The Morgan fingerprint density at radius 3 is 2.20 bits per heavy atom. The van der Waals surface area contributed by atoms with E-state index < -0.39 is 24.8 Å². The summed E-state index contributed by atoms with van der Waals surface area (Å²) in [7, 11) is -7.84. The van der Waals surface area contributed by atoms with Crippen LogP contribution in [0.2, 0.25) is 0 Å². The molecule has 0 N–H and O–H groups in total. The molecule has 1 aliphatic rings. The summed E-state index contributed by atoms with van der Waals surface area (Å²) in [4.78, 5) is -0.282. The molecule has 210 valence electrons. The molecule has 0 amide bonds. The largest absolute Gasteiger partial charge is 0.243 e. The molecule has 5 rings (SSSR count). The van der Waals surface area contributed by atoms with E-state index in [0.717, 1.165) is 36.9 Å². The first-order valence-electron chi connectivity index (χ1n) is 13.4. The van der Waals surface area contributed by atoms with Gasteiger partial charge in [-0.25, -0.2) is 21.5 Å². The number of allylic oxidation sites excluding steroid dienone is 1. The van der Waals surface area contributed by atoms with Gasteiger partial charge in [0, 0.05) is 30.4 Å². The van der Waals surface area contributed by atoms with Gasteiger partial charge in [0.05, 0.1) is 15.5 Å². The van der Waals surface area contributed by atoms with Crippen molar-refractivity contribution in [3.05, 3.63) is 101 Å². The number of aryl methyl sites for hydroxylation is 1. The highest BCUT2D eigenvalue weighted by atomic mass is 32.2. The van der Waals surface area contributed by atoms with Gasteiger partial charge in [-0.2, -0.15) is 14.7 Å². The standard InChI is InChI=1S/C31H30N4O4S2/c1-24-14-16-28(17-15-24)40(36,37)30(22-32)21-26-23-35(27-11-5-4-6-12-27)33-31(26)25-10-9-13-29(20-25)41(38,39)34-18-7-2-3-8-19-34/h4-6,9-17,20-21,23H,2-3,7-8,18-19H2,1H3/b30-21-. The summed E-state index contributed by atoms with van der Waals surface area (Å²) in [6.45, 7) is 2.81. The van der Waals surface area contributed by atoms with Gasteiger partial charge >= 0.3 is 0 Å². The highest BCUT2D eigenvalue weighted by Gasteiger charge is 2.27. The van der Waals surface area contributed by atoms with Gasteiger partial charge in [-0.3, -0.25) is 0 Å². The zero-order chi connectivity index (χ0) is 29.0. The predicted molar refractivity (Wildman–Crippen MR) is 158 cm³/mol. The number of benzene rings is 3. The number of nitrogens with zero attached hydrogens (tertiary/aromatic N) is 4. The molecule has 0 unspecified atom stereocenters. The summed E-state index contributed by atoms with van der Waals surface area (Å²) in [5.74, 6) is 0. The van der Waals surface area contributed by atoms with Gasteiger partial charge in [0.25, 0.3) is 0 Å². The minimum atomic E-state index is -4.11. The molecule has 0 spiro atoms. The molecule has 2 heterocycles. The van der Waals surface area contributed by atoms with E-state index in [1.807, 2.05) is 43.3 Å². The van der Waals surface area contributed by atoms with Gasteiger partial charge in [-0.15, -0.1) is 0 Å². The van der Waals surface area contributed by atoms with Crippen LogP contribution < -0.4 is 0 Å². The number of rotatable bonds is 7. The van der Waals surface area contributed by atoms with E-state index in [0.29, 0.717) is 29.9 Å². The summed E-state index contributed by atoms with van der Waals surface area (Å²) in [5, 5.41) is 14.6. The monoisotopic (exact) mass is 586 g/mol. The number of hydrogen-bond acceptors (Lipinski definition) is 6. The van der Waals surface area contributed by atoms with Crippen molar-refractivity contribution < 1.29 is 16.8 Å². The van der Waals surface area contributed by atoms with E-state index in [-0.39, 0.29) is 9.79 Å². The van der Waals surface area contributed by atoms with Crippen LogP contribution >= 0.6 is 0 Å². The number of sulfone groups is 1. The highest BCUT2D eigenvalue weighted by Crippen LogP contribution is 2.31. The molecular formula is C31H30N4O4S2. The van der Waals surface area contributed by atoms with Crippen molar-refractivity contribution in [1.29, 1.82) is 5.26 Å². The highest BCUT2D eigenvalue weighted by molar-refractivity contribution is 7.95. The molecule has 3 aromatic carbocycles. The second kappa shape index (κ2) is 11.8. The van der Waals surface area contributed by atoms with Crippen molar-refractivity contribution in [3.63, 3.8) is 0 Å². The Balaban J connectivity index is 1.63. The maximum Gasteiger partial charge on any atom is 0.243 e. The van der Waals surface area contributed by atoms with Crippen molar-refractivity contribution in [2.75, 3.05) is 13.1 Å². The van der Waals surface area contributed by atoms with Crippen LogP contribution in [-0.2, 0) is 19.9 Å². The van der Waals surface area contributed by atoms with E-state index in [9.17, 15) is 22.1 Å². The first-order valence-corrected chi connectivity index (χ1v) is 16.3. The third kappa shape index (κ3) is 6.03. The first kappa shape index (κ1) is 28.5. The van der Waals surface area contributed by atoms with E-state index in [1.165, 1.54) is 22.5 Å². The van der Waals surface area contributed by atoms with Crippen molar-refractivity contribution in [2.24, 2.45) is 0 Å². The molecule has 0 bridgehead atoms. The number of nitriles is 1. The van der Waals surface area contributed by atoms with Crippen LogP contribution in [0, 0.1) is 18.3 Å². The topological polar surface area (TPSA) is 113 Å². The van der Waals surface area contributed by atoms with E-state index in [2.05, 4.69) is 0 Å². The maximum atomic E-state index is 13.5. The zero-order valence-corrected chi connectivity index (χ0v) is 24.3. The Hall–Kier alpha value is -4.04. The Labute approximate surface area is 241 Å². The first-order chi connectivity index (χ1) is 19.7. The molecule has 0 aliphatic carbocycles. The Morgan fingerprint density at radius 2 is 1.54 bits per heavy atom. The van der Waals surface area contributed by atoms with Crippen LogP contribution in [0.15, 0.2) is 99.8 Å².